The molecule has 0 radical (unpaired) electrons. The van der Waals surface area contributed by atoms with Gasteiger partial charge >= 0.3 is 12.2 Å². The number of fused-ring (bicyclic) bond motifs is 1. The normalized spacial score (nSPS) is 27.2. The van der Waals surface area contributed by atoms with E-state index in [1.54, 1.807) is 4.90 Å². The van der Waals surface area contributed by atoms with Gasteiger partial charge in [-0.05, 0) is 57.9 Å². The molecular formula is C21H30N2O4. The fourth-order valence-corrected chi connectivity index (χ4v) is 4.25. The summed E-state index contributed by atoms with van der Waals surface area (Å²) < 4.78 is 10.8. The molecule has 148 valence electrons. The number of carbonyl (C=O) groups is 2. The van der Waals surface area contributed by atoms with E-state index < -0.39 is 5.60 Å². The molecular weight excluding hydrogens is 344 g/mol. The van der Waals surface area contributed by atoms with Crippen LogP contribution in [0.1, 0.15) is 46.1 Å². The van der Waals surface area contributed by atoms with Gasteiger partial charge in [0, 0.05) is 18.6 Å². The van der Waals surface area contributed by atoms with Crippen LogP contribution in [0.25, 0.3) is 0 Å². The van der Waals surface area contributed by atoms with Crippen molar-refractivity contribution in [2.75, 3.05) is 13.1 Å². The summed E-state index contributed by atoms with van der Waals surface area (Å²) in [6.07, 6.45) is 1.07. The molecule has 0 bridgehead atoms. The number of ether oxygens (including phenoxy) is 2. The van der Waals surface area contributed by atoms with Crippen LogP contribution >= 0.6 is 0 Å². The number of likely N-dealkylation sites (tertiary alicyclic amines) is 1. The smallest absolute Gasteiger partial charge is 0.410 e. The Bertz CT molecular complexity index is 669. The zero-order valence-electron chi connectivity index (χ0n) is 16.7. The van der Waals surface area contributed by atoms with E-state index >= 15 is 0 Å². The number of nitrogens with one attached hydrogen (secondary N) is 1. The molecule has 0 spiro atoms. The summed E-state index contributed by atoms with van der Waals surface area (Å²) in [5, 5.41) is 3.04. The second-order valence-corrected chi connectivity index (χ2v) is 9.06. The van der Waals surface area contributed by atoms with Crippen molar-refractivity contribution < 1.29 is 19.1 Å². The molecule has 3 rings (SSSR count). The van der Waals surface area contributed by atoms with Crippen molar-refractivity contribution in [3.05, 3.63) is 35.9 Å². The minimum absolute atomic E-state index is 0.255. The number of carbonyl (C=O) groups excluding carboxylic acids is 2. The van der Waals surface area contributed by atoms with Crippen molar-refractivity contribution in [1.82, 2.24) is 10.2 Å². The molecule has 1 heterocycles. The van der Waals surface area contributed by atoms with Gasteiger partial charge in [-0.15, -0.1) is 0 Å². The zero-order chi connectivity index (χ0) is 19.7. The van der Waals surface area contributed by atoms with Crippen molar-refractivity contribution in [3.63, 3.8) is 0 Å². The summed E-state index contributed by atoms with van der Waals surface area (Å²) >= 11 is 0. The van der Waals surface area contributed by atoms with E-state index in [4.69, 9.17) is 9.47 Å². The number of hydrogen-bond donors (Lipinski definition) is 1. The first-order valence-electron chi connectivity index (χ1n) is 9.60. The van der Waals surface area contributed by atoms with Gasteiger partial charge < -0.3 is 19.7 Å². The topological polar surface area (TPSA) is 67.9 Å². The lowest BCUT2D eigenvalue weighted by molar-refractivity contribution is 0.0457. The van der Waals surface area contributed by atoms with Gasteiger partial charge in [0.1, 0.15) is 12.2 Å². The quantitative estimate of drug-likeness (QED) is 0.870. The maximum absolute atomic E-state index is 12.4. The molecule has 1 N–H and O–H groups in total. The van der Waals surface area contributed by atoms with Crippen LogP contribution in [-0.4, -0.2) is 41.3 Å². The highest BCUT2D eigenvalue weighted by molar-refractivity contribution is 5.69. The summed E-state index contributed by atoms with van der Waals surface area (Å²) in [6, 6.07) is 9.69. The molecule has 1 aliphatic carbocycles. The molecule has 3 atom stereocenters. The molecule has 1 aliphatic heterocycles. The minimum Gasteiger partial charge on any atom is -0.445 e. The third-order valence-corrected chi connectivity index (χ3v) is 5.27. The number of alkyl carbamates (subject to hydrolysis) is 1. The van der Waals surface area contributed by atoms with Crippen LogP contribution in [-0.2, 0) is 16.1 Å². The van der Waals surface area contributed by atoms with Crippen LogP contribution in [0.15, 0.2) is 30.3 Å². The van der Waals surface area contributed by atoms with E-state index in [1.807, 2.05) is 51.1 Å². The molecule has 27 heavy (non-hydrogen) atoms. The van der Waals surface area contributed by atoms with Gasteiger partial charge in [0.25, 0.3) is 0 Å². The lowest BCUT2D eigenvalue weighted by Gasteiger charge is -2.30. The molecule has 2 fully saturated rings. The molecule has 0 aromatic heterocycles. The number of nitrogens with zero attached hydrogens (tertiary/aromatic N) is 1. The third kappa shape index (κ3) is 5.15. The Hall–Kier alpha value is -2.24. The number of amides is 2. The molecule has 1 saturated heterocycles. The first-order valence-corrected chi connectivity index (χ1v) is 9.60. The average Bonchev–Trinajstić information content (AvgIpc) is 3.06. The van der Waals surface area contributed by atoms with Gasteiger partial charge in [-0.1, -0.05) is 30.3 Å². The molecule has 2 aliphatic rings. The SMILES string of the molecule is CC1(NC(=O)OC(C)(C)C)C[C@H]2CN(C(=O)OCc3ccccc3)C[C@H]2C1. The monoisotopic (exact) mass is 374 g/mol. The van der Waals surface area contributed by atoms with Gasteiger partial charge in [0.15, 0.2) is 0 Å². The molecule has 1 aromatic carbocycles. The molecule has 6 heteroatoms. The fourth-order valence-electron chi connectivity index (χ4n) is 4.25. The first-order chi connectivity index (χ1) is 12.6. The van der Waals surface area contributed by atoms with E-state index in [2.05, 4.69) is 12.2 Å². The maximum atomic E-state index is 12.4. The average molecular weight is 374 g/mol. The second kappa shape index (κ2) is 7.41. The van der Waals surface area contributed by atoms with E-state index in [0.717, 1.165) is 18.4 Å². The summed E-state index contributed by atoms with van der Waals surface area (Å²) in [6.45, 7) is 9.30. The van der Waals surface area contributed by atoms with Gasteiger partial charge in [-0.25, -0.2) is 9.59 Å². The Kier molecular flexibility index (Phi) is 5.36. The third-order valence-electron chi connectivity index (χ3n) is 5.27. The molecule has 1 saturated carbocycles. The van der Waals surface area contributed by atoms with Crippen molar-refractivity contribution in [2.24, 2.45) is 11.8 Å². The number of rotatable bonds is 3. The van der Waals surface area contributed by atoms with Crippen molar-refractivity contribution >= 4 is 12.2 Å². The molecule has 1 aromatic rings. The summed E-state index contributed by atoms with van der Waals surface area (Å²) in [7, 11) is 0. The zero-order valence-corrected chi connectivity index (χ0v) is 16.7. The summed E-state index contributed by atoms with van der Waals surface area (Å²) in [4.78, 5) is 26.3. The fraction of sp³-hybridized carbons (Fsp3) is 0.619. The highest BCUT2D eigenvalue weighted by Crippen LogP contribution is 2.44. The first kappa shape index (κ1) is 19.5. The van der Waals surface area contributed by atoms with E-state index in [-0.39, 0.29) is 17.7 Å². The van der Waals surface area contributed by atoms with Crippen LogP contribution in [0.2, 0.25) is 0 Å². The highest BCUT2D eigenvalue weighted by atomic mass is 16.6. The van der Waals surface area contributed by atoms with Crippen LogP contribution in [0.4, 0.5) is 9.59 Å². The van der Waals surface area contributed by atoms with Gasteiger partial charge in [0.2, 0.25) is 0 Å². The van der Waals surface area contributed by atoms with E-state index in [1.165, 1.54) is 0 Å². The molecule has 2 amide bonds. The van der Waals surface area contributed by atoms with Crippen molar-refractivity contribution in [1.29, 1.82) is 0 Å². The van der Waals surface area contributed by atoms with E-state index in [9.17, 15) is 9.59 Å². The van der Waals surface area contributed by atoms with Crippen LogP contribution in [0, 0.1) is 11.8 Å². The van der Waals surface area contributed by atoms with Crippen molar-refractivity contribution in [3.8, 4) is 0 Å². The Labute approximate surface area is 161 Å². The Morgan fingerprint density at radius 3 is 2.30 bits per heavy atom. The van der Waals surface area contributed by atoms with Crippen molar-refractivity contribution in [2.45, 2.75) is 58.3 Å². The predicted octanol–water partition coefficient (Wildman–Crippen LogP) is 3.95. The molecule has 6 nitrogen and oxygen atoms in total. The van der Waals surface area contributed by atoms with Crippen LogP contribution in [0.3, 0.4) is 0 Å². The number of hydrogen-bond acceptors (Lipinski definition) is 4. The van der Waals surface area contributed by atoms with E-state index in [0.29, 0.717) is 31.5 Å². The standard InChI is InChI=1S/C21H30N2O4/c1-20(2,3)27-18(24)22-21(4)10-16-12-23(13-17(16)11-21)19(25)26-14-15-8-6-5-7-9-15/h5-9,16-17H,10-14H2,1-4H3,(H,22,24)/t16-,17+,21?. The Balaban J connectivity index is 1.47. The lowest BCUT2D eigenvalue weighted by Crippen LogP contribution is -2.47. The summed E-state index contributed by atoms with van der Waals surface area (Å²) in [5.41, 5.74) is 0.200. The minimum atomic E-state index is -0.506. The Morgan fingerprint density at radius 1 is 1.15 bits per heavy atom. The van der Waals surface area contributed by atoms with Gasteiger partial charge in [-0.2, -0.15) is 0 Å². The lowest BCUT2D eigenvalue weighted by atomic mass is 9.98. The van der Waals surface area contributed by atoms with Gasteiger partial charge in [-0.3, -0.25) is 0 Å². The van der Waals surface area contributed by atoms with Crippen LogP contribution < -0.4 is 5.32 Å². The largest absolute Gasteiger partial charge is 0.445 e. The maximum Gasteiger partial charge on any atom is 0.410 e. The summed E-state index contributed by atoms with van der Waals surface area (Å²) in [5.74, 6) is 0.767. The number of benzene rings is 1. The van der Waals surface area contributed by atoms with Crippen LogP contribution in [0.5, 0.6) is 0 Å². The molecule has 1 unspecified atom stereocenters. The van der Waals surface area contributed by atoms with Gasteiger partial charge in [0.05, 0.1) is 0 Å². The highest BCUT2D eigenvalue weighted by Gasteiger charge is 2.49. The second-order valence-electron chi connectivity index (χ2n) is 9.06. The Morgan fingerprint density at radius 2 is 1.74 bits per heavy atom. The predicted molar refractivity (Wildman–Crippen MR) is 102 cm³/mol.